The van der Waals surface area contributed by atoms with E-state index in [1.807, 2.05) is 18.3 Å². The normalized spacial score (nSPS) is 20.0. The molecule has 1 aliphatic rings. The van der Waals surface area contributed by atoms with Crippen molar-refractivity contribution in [1.29, 1.82) is 0 Å². The minimum absolute atomic E-state index is 0.442. The van der Waals surface area contributed by atoms with Gasteiger partial charge in [0.1, 0.15) is 0 Å². The maximum absolute atomic E-state index is 5.28. The van der Waals surface area contributed by atoms with Crippen LogP contribution in [0.25, 0.3) is 0 Å². The number of rotatable bonds is 3. The first-order valence-electron chi connectivity index (χ1n) is 6.39. The molecule has 0 bridgehead atoms. The van der Waals surface area contributed by atoms with Gasteiger partial charge in [0.2, 0.25) is 5.89 Å². The van der Waals surface area contributed by atoms with Crippen LogP contribution in [-0.2, 0) is 19.4 Å². The predicted octanol–water partition coefficient (Wildman–Crippen LogP) is 2.81. The zero-order valence-corrected chi connectivity index (χ0v) is 11.5. The minimum Gasteiger partial charge on any atom is -0.338 e. The Bertz CT molecular complexity index is 534. The van der Waals surface area contributed by atoms with Crippen LogP contribution in [-0.4, -0.2) is 21.6 Å². The molecule has 0 amide bonds. The van der Waals surface area contributed by atoms with E-state index in [1.165, 1.54) is 10.4 Å². The highest BCUT2D eigenvalue weighted by Gasteiger charge is 2.25. The minimum atomic E-state index is 0.442. The molecule has 4 nitrogen and oxygen atoms in total. The Labute approximate surface area is 111 Å². The smallest absolute Gasteiger partial charge is 0.240 e. The molecule has 0 aliphatic carbocycles. The van der Waals surface area contributed by atoms with Crippen molar-refractivity contribution < 1.29 is 4.52 Å². The van der Waals surface area contributed by atoms with Crippen LogP contribution >= 0.6 is 11.3 Å². The fraction of sp³-hybridized carbons (Fsp3) is 0.538. The Morgan fingerprint density at radius 2 is 2.44 bits per heavy atom. The predicted molar refractivity (Wildman–Crippen MR) is 70.5 cm³/mol. The molecule has 96 valence electrons. The first kappa shape index (κ1) is 11.9. The van der Waals surface area contributed by atoms with Crippen molar-refractivity contribution in [1.82, 2.24) is 15.0 Å². The Hall–Kier alpha value is -1.20. The zero-order chi connectivity index (χ0) is 12.5. The lowest BCUT2D eigenvalue weighted by atomic mass is 10.0. The highest BCUT2D eigenvalue weighted by molar-refractivity contribution is 7.10. The molecule has 0 radical (unpaired) electrons. The van der Waals surface area contributed by atoms with Crippen LogP contribution in [0.3, 0.4) is 0 Å². The molecule has 0 N–H and O–H groups in total. The second-order valence-corrected chi connectivity index (χ2v) is 5.65. The first-order chi connectivity index (χ1) is 8.78. The van der Waals surface area contributed by atoms with Crippen LogP contribution in [0, 0.1) is 0 Å². The van der Waals surface area contributed by atoms with Crippen molar-refractivity contribution in [2.45, 2.75) is 39.3 Å². The second-order valence-electron chi connectivity index (χ2n) is 4.65. The third kappa shape index (κ3) is 2.08. The lowest BCUT2D eigenvalue weighted by Gasteiger charge is -2.32. The van der Waals surface area contributed by atoms with E-state index in [0.717, 1.165) is 37.6 Å². The number of aromatic nitrogens is 2. The summed E-state index contributed by atoms with van der Waals surface area (Å²) in [5.74, 6) is 1.53. The standard InChI is InChI=1S/C13H17N3OS/c1-3-12-14-13(17-15-12)8-16-6-4-11-10(9(16)2)5-7-18-11/h5,7,9H,3-4,6,8H2,1-2H3/t9-/m1/s1. The number of thiophene rings is 1. The number of hydrogen-bond acceptors (Lipinski definition) is 5. The molecule has 2 aromatic heterocycles. The molecule has 3 rings (SSSR count). The van der Waals surface area contributed by atoms with Gasteiger partial charge in [-0.25, -0.2) is 0 Å². The van der Waals surface area contributed by atoms with Crippen LogP contribution < -0.4 is 0 Å². The second kappa shape index (κ2) is 4.82. The average Bonchev–Trinajstić information content (AvgIpc) is 3.01. The van der Waals surface area contributed by atoms with Gasteiger partial charge in [-0.15, -0.1) is 11.3 Å². The molecule has 2 aromatic rings. The Balaban J connectivity index is 1.74. The molecule has 0 spiro atoms. The molecule has 5 heteroatoms. The van der Waals surface area contributed by atoms with Gasteiger partial charge in [-0.3, -0.25) is 4.90 Å². The molecule has 0 saturated carbocycles. The molecule has 0 saturated heterocycles. The van der Waals surface area contributed by atoms with E-state index in [4.69, 9.17) is 4.52 Å². The summed E-state index contributed by atoms with van der Waals surface area (Å²) in [7, 11) is 0. The van der Waals surface area contributed by atoms with Crippen molar-refractivity contribution in [3.8, 4) is 0 Å². The van der Waals surface area contributed by atoms with Gasteiger partial charge in [0.15, 0.2) is 5.82 Å². The van der Waals surface area contributed by atoms with Crippen LogP contribution in [0.15, 0.2) is 16.0 Å². The molecule has 0 fully saturated rings. The maximum Gasteiger partial charge on any atom is 0.240 e. The van der Waals surface area contributed by atoms with Crippen LogP contribution in [0.2, 0.25) is 0 Å². The molecule has 1 atom stereocenters. The summed E-state index contributed by atoms with van der Waals surface area (Å²) in [6.07, 6.45) is 1.96. The topological polar surface area (TPSA) is 42.2 Å². The molecule has 18 heavy (non-hydrogen) atoms. The molecule has 0 aromatic carbocycles. The largest absolute Gasteiger partial charge is 0.338 e. The van der Waals surface area contributed by atoms with E-state index in [1.54, 1.807) is 0 Å². The summed E-state index contributed by atoms with van der Waals surface area (Å²) in [5, 5.41) is 6.14. The summed E-state index contributed by atoms with van der Waals surface area (Å²) in [4.78, 5) is 8.32. The van der Waals surface area contributed by atoms with E-state index in [2.05, 4.69) is 33.4 Å². The van der Waals surface area contributed by atoms with Gasteiger partial charge >= 0.3 is 0 Å². The van der Waals surface area contributed by atoms with Gasteiger partial charge in [0.25, 0.3) is 0 Å². The Kier molecular flexibility index (Phi) is 3.18. The van der Waals surface area contributed by atoms with Crippen LogP contribution in [0.1, 0.15) is 42.0 Å². The van der Waals surface area contributed by atoms with E-state index in [9.17, 15) is 0 Å². The average molecular weight is 263 g/mol. The highest BCUT2D eigenvalue weighted by Crippen LogP contribution is 2.33. The van der Waals surface area contributed by atoms with Crippen molar-refractivity contribution in [3.63, 3.8) is 0 Å². The van der Waals surface area contributed by atoms with Gasteiger partial charge < -0.3 is 4.52 Å². The summed E-state index contributed by atoms with van der Waals surface area (Å²) < 4.78 is 5.28. The monoisotopic (exact) mass is 263 g/mol. The van der Waals surface area contributed by atoms with Crippen LogP contribution in [0.4, 0.5) is 0 Å². The number of hydrogen-bond donors (Lipinski definition) is 0. The fourth-order valence-corrected chi connectivity index (χ4v) is 3.41. The molecular weight excluding hydrogens is 246 g/mol. The van der Waals surface area contributed by atoms with E-state index in [-0.39, 0.29) is 0 Å². The lowest BCUT2D eigenvalue weighted by Crippen LogP contribution is -2.32. The molecule has 0 unspecified atom stereocenters. The Morgan fingerprint density at radius 3 is 3.22 bits per heavy atom. The van der Waals surface area contributed by atoms with Crippen LogP contribution in [0.5, 0.6) is 0 Å². The molecular formula is C13H17N3OS. The summed E-state index contributed by atoms with van der Waals surface area (Å²) in [6, 6.07) is 2.68. The maximum atomic E-state index is 5.28. The fourth-order valence-electron chi connectivity index (χ4n) is 2.45. The van der Waals surface area contributed by atoms with Crippen molar-refractivity contribution >= 4 is 11.3 Å². The number of nitrogens with zero attached hydrogens (tertiary/aromatic N) is 3. The molecule has 3 heterocycles. The number of fused-ring (bicyclic) bond motifs is 1. The Morgan fingerprint density at radius 1 is 1.56 bits per heavy atom. The van der Waals surface area contributed by atoms with Crippen molar-refractivity contribution in [2.24, 2.45) is 0 Å². The SMILES string of the molecule is CCc1noc(CN2CCc3sccc3[C@H]2C)n1. The van der Waals surface area contributed by atoms with Gasteiger partial charge in [0, 0.05) is 23.9 Å². The van der Waals surface area contributed by atoms with E-state index < -0.39 is 0 Å². The summed E-state index contributed by atoms with van der Waals surface area (Å²) in [6.45, 7) is 6.11. The van der Waals surface area contributed by atoms with Gasteiger partial charge in [-0.05, 0) is 30.4 Å². The van der Waals surface area contributed by atoms with E-state index >= 15 is 0 Å². The van der Waals surface area contributed by atoms with Crippen molar-refractivity contribution in [3.05, 3.63) is 33.6 Å². The molecule has 1 aliphatic heterocycles. The van der Waals surface area contributed by atoms with Gasteiger partial charge in [-0.2, -0.15) is 4.98 Å². The van der Waals surface area contributed by atoms with E-state index in [0.29, 0.717) is 6.04 Å². The first-order valence-corrected chi connectivity index (χ1v) is 7.27. The summed E-state index contributed by atoms with van der Waals surface area (Å²) >= 11 is 1.87. The number of aryl methyl sites for hydroxylation is 1. The zero-order valence-electron chi connectivity index (χ0n) is 10.7. The van der Waals surface area contributed by atoms with Gasteiger partial charge in [-0.1, -0.05) is 12.1 Å². The lowest BCUT2D eigenvalue weighted by molar-refractivity contribution is 0.167. The third-order valence-corrected chi connectivity index (χ3v) is 4.57. The van der Waals surface area contributed by atoms with Crippen molar-refractivity contribution in [2.75, 3.05) is 6.54 Å². The third-order valence-electron chi connectivity index (χ3n) is 3.57. The highest BCUT2D eigenvalue weighted by atomic mass is 32.1. The van der Waals surface area contributed by atoms with Gasteiger partial charge in [0.05, 0.1) is 6.54 Å². The summed E-state index contributed by atoms with van der Waals surface area (Å²) in [5.41, 5.74) is 1.46. The quantitative estimate of drug-likeness (QED) is 0.854.